The Bertz CT molecular complexity index is 906. The second-order valence-corrected chi connectivity index (χ2v) is 6.90. The van der Waals surface area contributed by atoms with Gasteiger partial charge in [0.05, 0.1) is 10.5 Å². The van der Waals surface area contributed by atoms with Gasteiger partial charge in [-0.2, -0.15) is 5.10 Å². The second-order valence-electron chi connectivity index (χ2n) is 6.90. The molecule has 2 aromatic carbocycles. The van der Waals surface area contributed by atoms with Crippen LogP contribution in [0.25, 0.3) is 6.08 Å². The van der Waals surface area contributed by atoms with Crippen molar-refractivity contribution in [2.75, 3.05) is 37.6 Å². The first-order chi connectivity index (χ1) is 14.6. The summed E-state index contributed by atoms with van der Waals surface area (Å²) in [7, 11) is 0. The number of amides is 1. The molecule has 0 spiro atoms. The van der Waals surface area contributed by atoms with Gasteiger partial charge in [-0.3, -0.25) is 19.8 Å². The van der Waals surface area contributed by atoms with Gasteiger partial charge in [-0.1, -0.05) is 30.3 Å². The van der Waals surface area contributed by atoms with Crippen LogP contribution in [-0.4, -0.2) is 54.7 Å². The molecule has 1 N–H and O–H groups in total. The van der Waals surface area contributed by atoms with Crippen LogP contribution >= 0.6 is 0 Å². The van der Waals surface area contributed by atoms with Crippen molar-refractivity contribution in [3.05, 3.63) is 76.4 Å². The minimum absolute atomic E-state index is 0.0264. The van der Waals surface area contributed by atoms with Crippen LogP contribution in [0.5, 0.6) is 0 Å². The third-order valence-corrected chi connectivity index (χ3v) is 4.91. The second kappa shape index (κ2) is 10.9. The number of nitrogens with zero attached hydrogens (tertiary/aromatic N) is 4. The van der Waals surface area contributed by atoms with E-state index in [9.17, 15) is 14.9 Å². The fraction of sp³-hybridized carbons (Fsp3) is 0.273. The van der Waals surface area contributed by atoms with E-state index in [1.807, 2.05) is 18.2 Å². The van der Waals surface area contributed by atoms with E-state index in [4.69, 9.17) is 0 Å². The van der Waals surface area contributed by atoms with E-state index in [1.54, 1.807) is 30.4 Å². The fourth-order valence-corrected chi connectivity index (χ4v) is 3.28. The van der Waals surface area contributed by atoms with Crippen molar-refractivity contribution in [2.24, 2.45) is 5.10 Å². The van der Waals surface area contributed by atoms with Gasteiger partial charge in [0.25, 0.3) is 5.69 Å². The molecular weight excluding hydrogens is 382 g/mol. The lowest BCUT2D eigenvalue weighted by atomic mass is 10.2. The van der Waals surface area contributed by atoms with E-state index >= 15 is 0 Å². The molecule has 1 heterocycles. The van der Waals surface area contributed by atoms with Gasteiger partial charge >= 0.3 is 0 Å². The van der Waals surface area contributed by atoms with Crippen LogP contribution in [0.3, 0.4) is 0 Å². The monoisotopic (exact) mass is 407 g/mol. The summed E-state index contributed by atoms with van der Waals surface area (Å²) in [5, 5.41) is 14.8. The van der Waals surface area contributed by atoms with Gasteiger partial charge in [0.2, 0.25) is 5.91 Å². The lowest BCUT2D eigenvalue weighted by molar-refractivity contribution is -0.385. The molecule has 1 fully saturated rings. The molecule has 30 heavy (non-hydrogen) atoms. The number of nitro benzene ring substituents is 1. The van der Waals surface area contributed by atoms with Crippen molar-refractivity contribution in [2.45, 2.75) is 6.42 Å². The van der Waals surface area contributed by atoms with Crippen LogP contribution in [0.4, 0.5) is 11.4 Å². The van der Waals surface area contributed by atoms with Crippen LogP contribution in [0.1, 0.15) is 12.0 Å². The van der Waals surface area contributed by atoms with Crippen LogP contribution in [-0.2, 0) is 4.79 Å². The number of para-hydroxylation sites is 2. The molecule has 0 aromatic heterocycles. The standard InChI is InChI=1S/C22H25N5O3/c28-22(24-23-13-6-8-19-7-4-5-11-21(19)27(29)30)12-14-25-15-17-26(18-16-25)20-9-2-1-3-10-20/h1-11,13H,12,14-18H2,(H,24,28)/b8-6+,23-13-. The van der Waals surface area contributed by atoms with Crippen LogP contribution in [0.2, 0.25) is 0 Å². The van der Waals surface area contributed by atoms with Gasteiger partial charge < -0.3 is 4.90 Å². The van der Waals surface area contributed by atoms with Crippen molar-refractivity contribution in [1.29, 1.82) is 0 Å². The summed E-state index contributed by atoms with van der Waals surface area (Å²) in [6.07, 6.45) is 4.93. The molecule has 0 unspecified atom stereocenters. The van der Waals surface area contributed by atoms with Gasteiger partial charge in [-0.05, 0) is 30.4 Å². The molecule has 8 heteroatoms. The normalized spacial score (nSPS) is 15.0. The molecule has 8 nitrogen and oxygen atoms in total. The van der Waals surface area contributed by atoms with E-state index in [2.05, 4.69) is 32.5 Å². The van der Waals surface area contributed by atoms with E-state index in [1.165, 1.54) is 18.0 Å². The van der Waals surface area contributed by atoms with Crippen molar-refractivity contribution in [1.82, 2.24) is 10.3 Å². The highest BCUT2D eigenvalue weighted by Gasteiger charge is 2.17. The number of nitro groups is 1. The SMILES string of the molecule is O=C(CCN1CCN(c2ccccc2)CC1)N/N=C\C=C\c1ccccc1[N+](=O)[O-]. The number of carbonyl (C=O) groups excluding carboxylic acids is 1. The molecule has 0 aliphatic carbocycles. The van der Waals surface area contributed by atoms with E-state index < -0.39 is 4.92 Å². The van der Waals surface area contributed by atoms with Crippen LogP contribution in [0, 0.1) is 10.1 Å². The molecule has 156 valence electrons. The Kier molecular flexibility index (Phi) is 7.68. The Morgan fingerprint density at radius 2 is 1.77 bits per heavy atom. The zero-order valence-corrected chi connectivity index (χ0v) is 16.7. The smallest absolute Gasteiger partial charge is 0.276 e. The van der Waals surface area contributed by atoms with Gasteiger partial charge in [0.15, 0.2) is 0 Å². The number of benzene rings is 2. The molecule has 1 amide bonds. The molecule has 0 saturated carbocycles. The number of hydrogen-bond acceptors (Lipinski definition) is 6. The maximum absolute atomic E-state index is 12.0. The molecule has 0 bridgehead atoms. The topological polar surface area (TPSA) is 91.1 Å². The lowest BCUT2D eigenvalue weighted by Gasteiger charge is -2.36. The quantitative estimate of drug-likeness (QED) is 0.413. The number of hydrogen-bond donors (Lipinski definition) is 1. The summed E-state index contributed by atoms with van der Waals surface area (Å²) >= 11 is 0. The Morgan fingerprint density at radius 1 is 1.07 bits per heavy atom. The summed E-state index contributed by atoms with van der Waals surface area (Å²) in [5.41, 5.74) is 4.23. The molecular formula is C22H25N5O3. The molecule has 3 rings (SSSR count). The highest BCUT2D eigenvalue weighted by atomic mass is 16.6. The maximum Gasteiger partial charge on any atom is 0.276 e. The first kappa shape index (κ1) is 21.2. The molecule has 2 aromatic rings. The predicted octanol–water partition coefficient (Wildman–Crippen LogP) is 2.92. The average Bonchev–Trinajstić information content (AvgIpc) is 2.78. The molecule has 0 atom stereocenters. The number of nitrogens with one attached hydrogen (secondary N) is 1. The Balaban J connectivity index is 1.36. The Hall–Kier alpha value is -3.52. The predicted molar refractivity (Wildman–Crippen MR) is 118 cm³/mol. The highest BCUT2D eigenvalue weighted by Crippen LogP contribution is 2.18. The Morgan fingerprint density at radius 3 is 2.50 bits per heavy atom. The third-order valence-electron chi connectivity index (χ3n) is 4.91. The number of carbonyl (C=O) groups is 1. The summed E-state index contributed by atoms with van der Waals surface area (Å²) < 4.78 is 0. The van der Waals surface area contributed by atoms with Crippen molar-refractivity contribution in [3.8, 4) is 0 Å². The summed E-state index contributed by atoms with van der Waals surface area (Å²) in [4.78, 5) is 27.1. The number of rotatable bonds is 8. The van der Waals surface area contributed by atoms with Gasteiger partial charge in [-0.25, -0.2) is 5.43 Å². The summed E-state index contributed by atoms with van der Waals surface area (Å²) in [6.45, 7) is 4.42. The summed E-state index contributed by atoms with van der Waals surface area (Å²) in [6, 6.07) is 16.8. The third kappa shape index (κ3) is 6.25. The van der Waals surface area contributed by atoms with E-state index in [0.717, 1.165) is 26.2 Å². The minimum atomic E-state index is -0.432. The largest absolute Gasteiger partial charge is 0.369 e. The van der Waals surface area contributed by atoms with Crippen molar-refractivity contribution in [3.63, 3.8) is 0 Å². The number of allylic oxidation sites excluding steroid dienone is 1. The molecule has 0 radical (unpaired) electrons. The maximum atomic E-state index is 12.0. The van der Waals surface area contributed by atoms with E-state index in [0.29, 0.717) is 18.5 Å². The molecule has 1 aliphatic heterocycles. The first-order valence-corrected chi connectivity index (χ1v) is 9.88. The molecule has 1 aliphatic rings. The van der Waals surface area contributed by atoms with Gasteiger partial charge in [-0.15, -0.1) is 0 Å². The number of anilines is 1. The van der Waals surface area contributed by atoms with Crippen molar-refractivity contribution < 1.29 is 9.72 Å². The van der Waals surface area contributed by atoms with Gasteiger partial charge in [0.1, 0.15) is 0 Å². The van der Waals surface area contributed by atoms with E-state index in [-0.39, 0.29) is 11.6 Å². The highest BCUT2D eigenvalue weighted by molar-refractivity contribution is 5.82. The van der Waals surface area contributed by atoms with Crippen molar-refractivity contribution >= 4 is 29.6 Å². The zero-order valence-electron chi connectivity index (χ0n) is 16.7. The fourth-order valence-electron chi connectivity index (χ4n) is 3.28. The van der Waals surface area contributed by atoms with Crippen LogP contribution in [0.15, 0.2) is 65.8 Å². The first-order valence-electron chi connectivity index (χ1n) is 9.88. The lowest BCUT2D eigenvalue weighted by Crippen LogP contribution is -2.47. The minimum Gasteiger partial charge on any atom is -0.369 e. The zero-order chi connectivity index (χ0) is 21.2. The molecule has 1 saturated heterocycles. The number of piperazine rings is 1. The Labute approximate surface area is 175 Å². The number of hydrazone groups is 1. The van der Waals surface area contributed by atoms with Crippen LogP contribution < -0.4 is 10.3 Å². The average molecular weight is 407 g/mol. The van der Waals surface area contributed by atoms with Gasteiger partial charge in [0, 0.05) is 57.1 Å². The summed E-state index contributed by atoms with van der Waals surface area (Å²) in [5.74, 6) is -0.157.